The summed E-state index contributed by atoms with van der Waals surface area (Å²) in [7, 11) is 0. The zero-order valence-electron chi connectivity index (χ0n) is 12.3. The second-order valence-corrected chi connectivity index (χ2v) is 6.25. The van der Waals surface area contributed by atoms with Gasteiger partial charge in [0.05, 0.1) is 5.41 Å². The van der Waals surface area contributed by atoms with Gasteiger partial charge >= 0.3 is 0 Å². The average Bonchev–Trinajstić information content (AvgIpc) is 2.99. The molecule has 21 heavy (non-hydrogen) atoms. The molecule has 0 saturated carbocycles. The van der Waals surface area contributed by atoms with Crippen LogP contribution in [0.4, 0.5) is 0 Å². The van der Waals surface area contributed by atoms with Crippen LogP contribution in [0.5, 0.6) is 0 Å². The van der Waals surface area contributed by atoms with Gasteiger partial charge in [-0.2, -0.15) is 4.98 Å². The minimum Gasteiger partial charge on any atom is -0.381 e. The molecule has 1 saturated heterocycles. The van der Waals surface area contributed by atoms with Crippen LogP contribution in [0.25, 0.3) is 0 Å². The van der Waals surface area contributed by atoms with Crippen molar-refractivity contribution in [3.05, 3.63) is 46.6 Å². The van der Waals surface area contributed by atoms with E-state index in [1.165, 1.54) is 0 Å². The predicted octanol–water partition coefficient (Wildman–Crippen LogP) is 3.94. The quantitative estimate of drug-likeness (QED) is 0.861. The lowest BCUT2D eigenvalue weighted by atomic mass is 9.74. The van der Waals surface area contributed by atoms with E-state index in [1.807, 2.05) is 24.3 Å². The number of hydrogen-bond acceptors (Lipinski definition) is 4. The smallest absolute Gasteiger partial charge is 0.237 e. The number of aromatic nitrogens is 2. The Hall–Kier alpha value is -1.39. The fourth-order valence-corrected chi connectivity index (χ4v) is 2.90. The molecule has 0 bridgehead atoms. The minimum absolute atomic E-state index is 0.254. The first-order valence-electron chi connectivity index (χ1n) is 7.30. The predicted molar refractivity (Wildman–Crippen MR) is 80.7 cm³/mol. The van der Waals surface area contributed by atoms with Gasteiger partial charge in [-0.1, -0.05) is 42.7 Å². The average molecular weight is 307 g/mol. The van der Waals surface area contributed by atoms with Crippen molar-refractivity contribution in [1.82, 2.24) is 10.1 Å². The molecule has 0 amide bonds. The van der Waals surface area contributed by atoms with E-state index in [4.69, 9.17) is 20.9 Å². The molecule has 1 aromatic carbocycles. The van der Waals surface area contributed by atoms with E-state index < -0.39 is 0 Å². The molecule has 1 aromatic heterocycles. The van der Waals surface area contributed by atoms with Gasteiger partial charge in [0.25, 0.3) is 0 Å². The Balaban J connectivity index is 2.05. The largest absolute Gasteiger partial charge is 0.381 e. The second kappa shape index (κ2) is 5.78. The molecule has 0 unspecified atom stereocenters. The molecule has 0 N–H and O–H groups in total. The highest BCUT2D eigenvalue weighted by molar-refractivity contribution is 6.30. The summed E-state index contributed by atoms with van der Waals surface area (Å²) in [5.41, 5.74) is 0.900. The first kappa shape index (κ1) is 14.5. The highest BCUT2D eigenvalue weighted by Gasteiger charge is 2.41. The molecule has 0 spiro atoms. The highest BCUT2D eigenvalue weighted by Crippen LogP contribution is 2.41. The van der Waals surface area contributed by atoms with E-state index >= 15 is 0 Å². The van der Waals surface area contributed by atoms with Crippen LogP contribution in [-0.4, -0.2) is 23.4 Å². The van der Waals surface area contributed by atoms with Crippen molar-refractivity contribution >= 4 is 11.6 Å². The van der Waals surface area contributed by atoms with E-state index in [2.05, 4.69) is 24.0 Å². The SMILES string of the molecule is CC(C)c1noc(C2(c3ccc(Cl)cc3)CCOCC2)n1. The topological polar surface area (TPSA) is 48.2 Å². The number of hydrogen-bond donors (Lipinski definition) is 0. The van der Waals surface area contributed by atoms with Gasteiger partial charge < -0.3 is 9.26 Å². The maximum atomic E-state index is 6.01. The van der Waals surface area contributed by atoms with Crippen LogP contribution < -0.4 is 0 Å². The second-order valence-electron chi connectivity index (χ2n) is 5.81. The Morgan fingerprint density at radius 3 is 2.38 bits per heavy atom. The monoisotopic (exact) mass is 306 g/mol. The maximum absolute atomic E-state index is 6.01. The molecule has 1 aliphatic heterocycles. The zero-order chi connectivity index (χ0) is 14.9. The van der Waals surface area contributed by atoms with Crippen molar-refractivity contribution in [3.8, 4) is 0 Å². The number of rotatable bonds is 3. The summed E-state index contributed by atoms with van der Waals surface area (Å²) in [6, 6.07) is 7.92. The maximum Gasteiger partial charge on any atom is 0.237 e. The third-order valence-corrected chi connectivity index (χ3v) is 4.36. The van der Waals surface area contributed by atoms with Gasteiger partial charge in [-0.05, 0) is 30.5 Å². The Kier molecular flexibility index (Phi) is 4.00. The van der Waals surface area contributed by atoms with Crippen LogP contribution in [0.15, 0.2) is 28.8 Å². The Bertz CT molecular complexity index is 601. The van der Waals surface area contributed by atoms with Crippen LogP contribution in [0, 0.1) is 0 Å². The Labute approximate surface area is 129 Å². The van der Waals surface area contributed by atoms with Crippen molar-refractivity contribution in [2.45, 2.75) is 38.0 Å². The lowest BCUT2D eigenvalue weighted by Gasteiger charge is -2.34. The van der Waals surface area contributed by atoms with Gasteiger partial charge in [0.2, 0.25) is 5.89 Å². The van der Waals surface area contributed by atoms with E-state index in [0.29, 0.717) is 19.1 Å². The molecule has 0 aliphatic carbocycles. The third kappa shape index (κ3) is 2.70. The van der Waals surface area contributed by atoms with E-state index in [-0.39, 0.29) is 11.3 Å². The number of nitrogens with zero attached hydrogens (tertiary/aromatic N) is 2. The first-order chi connectivity index (χ1) is 10.1. The number of halogens is 1. The highest BCUT2D eigenvalue weighted by atomic mass is 35.5. The molecule has 2 heterocycles. The van der Waals surface area contributed by atoms with Crippen LogP contribution >= 0.6 is 11.6 Å². The molecule has 112 valence electrons. The van der Waals surface area contributed by atoms with E-state index in [9.17, 15) is 0 Å². The van der Waals surface area contributed by atoms with Crippen molar-refractivity contribution in [2.24, 2.45) is 0 Å². The van der Waals surface area contributed by atoms with Gasteiger partial charge in [0.1, 0.15) is 0 Å². The Morgan fingerprint density at radius 2 is 1.81 bits per heavy atom. The zero-order valence-corrected chi connectivity index (χ0v) is 13.1. The van der Waals surface area contributed by atoms with Gasteiger partial charge in [0, 0.05) is 24.2 Å². The van der Waals surface area contributed by atoms with Crippen LogP contribution in [0.2, 0.25) is 5.02 Å². The normalized spacial score (nSPS) is 18.1. The number of benzene rings is 1. The van der Waals surface area contributed by atoms with Gasteiger partial charge in [0.15, 0.2) is 5.82 Å². The van der Waals surface area contributed by atoms with Gasteiger partial charge in [-0.25, -0.2) is 0 Å². The fraction of sp³-hybridized carbons (Fsp3) is 0.500. The molecule has 3 rings (SSSR count). The lowest BCUT2D eigenvalue weighted by molar-refractivity contribution is 0.0523. The first-order valence-corrected chi connectivity index (χ1v) is 7.67. The molecule has 4 nitrogen and oxygen atoms in total. The summed E-state index contributed by atoms with van der Waals surface area (Å²) >= 11 is 6.01. The third-order valence-electron chi connectivity index (χ3n) is 4.11. The summed E-state index contributed by atoms with van der Waals surface area (Å²) < 4.78 is 11.1. The molecule has 5 heteroatoms. The molecule has 0 atom stereocenters. The van der Waals surface area contributed by atoms with Crippen LogP contribution in [0.1, 0.15) is 49.9 Å². The fourth-order valence-electron chi connectivity index (χ4n) is 2.78. The molecule has 0 radical (unpaired) electrons. The molecule has 1 fully saturated rings. The summed E-state index contributed by atoms with van der Waals surface area (Å²) in [5.74, 6) is 1.70. The van der Waals surface area contributed by atoms with Crippen molar-refractivity contribution in [2.75, 3.05) is 13.2 Å². The molecule has 2 aromatic rings. The summed E-state index contributed by atoms with van der Waals surface area (Å²) in [6.45, 7) is 5.52. The number of ether oxygens (including phenoxy) is 1. The van der Waals surface area contributed by atoms with E-state index in [0.717, 1.165) is 29.3 Å². The van der Waals surface area contributed by atoms with Gasteiger partial charge in [-0.15, -0.1) is 0 Å². The molecule has 1 aliphatic rings. The Morgan fingerprint density at radius 1 is 1.14 bits per heavy atom. The van der Waals surface area contributed by atoms with Crippen molar-refractivity contribution in [1.29, 1.82) is 0 Å². The minimum atomic E-state index is -0.261. The summed E-state index contributed by atoms with van der Waals surface area (Å²) in [6.07, 6.45) is 1.68. The van der Waals surface area contributed by atoms with Crippen molar-refractivity contribution < 1.29 is 9.26 Å². The molecular weight excluding hydrogens is 288 g/mol. The summed E-state index contributed by atoms with van der Waals surface area (Å²) in [5, 5.41) is 4.86. The van der Waals surface area contributed by atoms with Crippen molar-refractivity contribution in [3.63, 3.8) is 0 Å². The van der Waals surface area contributed by atoms with Gasteiger partial charge in [-0.3, -0.25) is 0 Å². The summed E-state index contributed by atoms with van der Waals surface area (Å²) in [4.78, 5) is 4.64. The molecular formula is C16H19ClN2O2. The van der Waals surface area contributed by atoms with Crippen LogP contribution in [-0.2, 0) is 10.2 Å². The van der Waals surface area contributed by atoms with Crippen LogP contribution in [0.3, 0.4) is 0 Å². The standard InChI is InChI=1S/C16H19ClN2O2/c1-11(2)14-18-15(21-19-14)16(7-9-20-10-8-16)12-3-5-13(17)6-4-12/h3-6,11H,7-10H2,1-2H3. The van der Waals surface area contributed by atoms with E-state index in [1.54, 1.807) is 0 Å². The lowest BCUT2D eigenvalue weighted by Crippen LogP contribution is -2.35.